The number of allylic oxidation sites excluding steroid dienone is 10. The summed E-state index contributed by atoms with van der Waals surface area (Å²) in [6.45, 7) is 5.81. The van der Waals surface area contributed by atoms with Crippen LogP contribution >= 0.6 is 0 Å². The van der Waals surface area contributed by atoms with Crippen LogP contribution in [0, 0.1) is 0 Å². The Balaban J connectivity index is 2.71. The molecule has 1 saturated heterocycles. The number of hydrogen-bond acceptors (Lipinski definition) is 11. The lowest BCUT2D eigenvalue weighted by Gasteiger charge is -2.40. The highest BCUT2D eigenvalue weighted by molar-refractivity contribution is 5.74. The number of rotatable bonds is 47. The quantitative estimate of drug-likeness (QED) is 0.0228. The predicted molar refractivity (Wildman–Crippen MR) is 285 cm³/mol. The van der Waals surface area contributed by atoms with Crippen LogP contribution in [0.5, 0.6) is 0 Å². The predicted octanol–water partition coefficient (Wildman–Crippen LogP) is 14.0. The summed E-state index contributed by atoms with van der Waals surface area (Å²) < 4.78 is 28.3. The van der Waals surface area contributed by atoms with Crippen molar-refractivity contribution >= 4 is 23.9 Å². The first-order valence-electron chi connectivity index (χ1n) is 28.3. The maximum atomic E-state index is 13.1. The Morgan fingerprint density at radius 3 is 1.37 bits per heavy atom. The Morgan fingerprint density at radius 2 is 0.887 bits per heavy atom. The van der Waals surface area contributed by atoms with E-state index in [0.29, 0.717) is 19.3 Å². The van der Waals surface area contributed by atoms with E-state index in [1.54, 1.807) is 0 Å². The first-order valence-corrected chi connectivity index (χ1v) is 28.3. The van der Waals surface area contributed by atoms with Gasteiger partial charge in [-0.05, 0) is 83.5 Å². The van der Waals surface area contributed by atoms with Crippen molar-refractivity contribution in [3.63, 3.8) is 0 Å². The van der Waals surface area contributed by atoms with Gasteiger partial charge in [0.15, 0.2) is 24.6 Å². The molecule has 71 heavy (non-hydrogen) atoms. The highest BCUT2D eigenvalue weighted by atomic mass is 16.7. The van der Waals surface area contributed by atoms with Gasteiger partial charge in [0.25, 0.3) is 0 Å². The van der Waals surface area contributed by atoms with Gasteiger partial charge in [-0.25, -0.2) is 4.79 Å². The maximum Gasteiger partial charge on any atom is 0.335 e. The molecule has 3 N–H and O–H groups in total. The summed E-state index contributed by atoms with van der Waals surface area (Å²) >= 11 is 0. The zero-order valence-corrected chi connectivity index (χ0v) is 44.7. The van der Waals surface area contributed by atoms with Crippen molar-refractivity contribution in [2.24, 2.45) is 0 Å². The number of carboxylic acid groups (broad SMARTS) is 1. The summed E-state index contributed by atoms with van der Waals surface area (Å²) in [6.07, 6.45) is 45.0. The number of carbonyl (C=O) groups is 4. The van der Waals surface area contributed by atoms with Gasteiger partial charge < -0.3 is 39.0 Å². The second-order valence-electron chi connectivity index (χ2n) is 19.2. The van der Waals surface area contributed by atoms with Gasteiger partial charge in [0.1, 0.15) is 18.8 Å². The molecule has 12 nitrogen and oxygen atoms in total. The largest absolute Gasteiger partial charge is 0.479 e. The SMILES string of the molecule is CC/C=C\C/C=C\C/C=C\C/C=C\CCCCCCC(=O)OCC(COC1OC(C(=O)O)C(O)C(O)C1OC(=O)CCCCCCCCCCC)OC(=O)CCCCCCC/C=C\CCCCCCCC. The van der Waals surface area contributed by atoms with Gasteiger partial charge in [-0.15, -0.1) is 0 Å². The van der Waals surface area contributed by atoms with E-state index in [1.165, 1.54) is 64.2 Å². The average molecular weight is 1000 g/mol. The molecule has 1 aliphatic rings. The Bertz CT molecular complexity index is 1470. The monoisotopic (exact) mass is 1000 g/mol. The molecule has 0 aromatic heterocycles. The molecule has 0 bridgehead atoms. The normalized spacial score (nSPS) is 18.9. The number of aliphatic hydroxyl groups excluding tert-OH is 2. The third kappa shape index (κ3) is 37.8. The van der Waals surface area contributed by atoms with Crippen molar-refractivity contribution < 1.29 is 58.2 Å². The minimum absolute atomic E-state index is 0.0576. The molecule has 12 heteroatoms. The highest BCUT2D eigenvalue weighted by Crippen LogP contribution is 2.26. The van der Waals surface area contributed by atoms with E-state index in [9.17, 15) is 34.5 Å². The fraction of sp³-hybridized carbons (Fsp3) is 0.763. The summed E-state index contributed by atoms with van der Waals surface area (Å²) in [7, 11) is 0. The van der Waals surface area contributed by atoms with E-state index in [4.69, 9.17) is 23.7 Å². The first kappa shape index (κ1) is 65.4. The van der Waals surface area contributed by atoms with Crippen LogP contribution in [0.1, 0.15) is 239 Å². The lowest BCUT2D eigenvalue weighted by atomic mass is 9.98. The molecule has 0 spiro atoms. The van der Waals surface area contributed by atoms with Gasteiger partial charge in [0.2, 0.25) is 0 Å². The molecule has 0 aromatic rings. The number of aliphatic carboxylic acids is 1. The summed E-state index contributed by atoms with van der Waals surface area (Å²) in [5.74, 6) is -3.16. The Hall–Kier alpha value is -3.58. The third-order valence-corrected chi connectivity index (χ3v) is 12.6. The summed E-state index contributed by atoms with van der Waals surface area (Å²) in [4.78, 5) is 50.9. The minimum atomic E-state index is -1.90. The standard InChI is InChI=1S/C59H100O12/c1-4-7-10-13-16-19-21-23-25-26-28-29-31-34-36-39-42-45-51(60)67-48-50(69-52(61)46-43-40-38-35-32-30-27-24-22-20-17-14-11-8-5-2)49-68-59-57(55(64)54(63)56(71-59)58(65)66)70-53(62)47-44-41-37-33-18-15-12-9-6-3/h7,10,16,19,23-25,27-29,50,54-57,59,63-64H,4-6,8-9,11-15,17-18,20-22,26,30-49H2,1-3H3,(H,65,66)/b10-7-,19-16-,25-23-,27-24-,29-28-. The van der Waals surface area contributed by atoms with Crippen molar-refractivity contribution in [1.82, 2.24) is 0 Å². The van der Waals surface area contributed by atoms with Gasteiger partial charge in [-0.3, -0.25) is 14.4 Å². The molecule has 0 radical (unpaired) electrons. The molecule has 1 rings (SSSR count). The Kier molecular flexibility index (Phi) is 43.7. The average Bonchev–Trinajstić information content (AvgIpc) is 3.35. The highest BCUT2D eigenvalue weighted by Gasteiger charge is 2.50. The second kappa shape index (κ2) is 47.4. The van der Waals surface area contributed by atoms with E-state index in [1.807, 2.05) is 0 Å². The Labute approximate surface area is 430 Å². The van der Waals surface area contributed by atoms with E-state index >= 15 is 0 Å². The van der Waals surface area contributed by atoms with Crippen LogP contribution < -0.4 is 0 Å². The zero-order chi connectivity index (χ0) is 51.8. The van der Waals surface area contributed by atoms with E-state index in [0.717, 1.165) is 116 Å². The molecule has 1 fully saturated rings. The molecule has 6 unspecified atom stereocenters. The van der Waals surface area contributed by atoms with Gasteiger partial charge in [-0.2, -0.15) is 0 Å². The topological polar surface area (TPSA) is 175 Å². The van der Waals surface area contributed by atoms with Crippen LogP contribution in [0.15, 0.2) is 60.8 Å². The fourth-order valence-electron chi connectivity index (χ4n) is 8.24. The Morgan fingerprint density at radius 1 is 0.479 bits per heavy atom. The molecule has 1 heterocycles. The number of hydrogen-bond donors (Lipinski definition) is 3. The van der Waals surface area contributed by atoms with Crippen molar-refractivity contribution in [3.8, 4) is 0 Å². The van der Waals surface area contributed by atoms with Crippen LogP contribution in [0.25, 0.3) is 0 Å². The molecule has 408 valence electrons. The van der Waals surface area contributed by atoms with Gasteiger partial charge in [-0.1, -0.05) is 197 Å². The lowest BCUT2D eigenvalue weighted by Crippen LogP contribution is -2.61. The van der Waals surface area contributed by atoms with Crippen molar-refractivity contribution in [3.05, 3.63) is 60.8 Å². The number of unbranched alkanes of at least 4 members (excludes halogenated alkanes) is 23. The summed E-state index contributed by atoms with van der Waals surface area (Å²) in [5, 5.41) is 31.3. The van der Waals surface area contributed by atoms with E-state index in [2.05, 4.69) is 81.5 Å². The van der Waals surface area contributed by atoms with Crippen molar-refractivity contribution in [2.45, 2.75) is 276 Å². The molecular formula is C59H100O12. The number of esters is 3. The van der Waals surface area contributed by atoms with Crippen molar-refractivity contribution in [1.29, 1.82) is 0 Å². The summed E-state index contributed by atoms with van der Waals surface area (Å²) in [6, 6.07) is 0. The molecular weight excluding hydrogens is 901 g/mol. The smallest absolute Gasteiger partial charge is 0.335 e. The molecule has 6 atom stereocenters. The van der Waals surface area contributed by atoms with E-state index < -0.39 is 67.3 Å². The number of aliphatic hydroxyl groups is 2. The second-order valence-corrected chi connectivity index (χ2v) is 19.2. The van der Waals surface area contributed by atoms with Crippen LogP contribution in [0.2, 0.25) is 0 Å². The van der Waals surface area contributed by atoms with Crippen LogP contribution in [-0.2, 0) is 42.9 Å². The van der Waals surface area contributed by atoms with Crippen LogP contribution in [-0.4, -0.2) is 89.2 Å². The first-order chi connectivity index (χ1) is 34.6. The molecule has 0 aromatic carbocycles. The van der Waals surface area contributed by atoms with Crippen LogP contribution in [0.4, 0.5) is 0 Å². The zero-order valence-electron chi connectivity index (χ0n) is 44.7. The molecule has 0 aliphatic carbocycles. The van der Waals surface area contributed by atoms with Gasteiger partial charge in [0, 0.05) is 19.3 Å². The number of ether oxygens (including phenoxy) is 5. The molecule has 0 amide bonds. The maximum absolute atomic E-state index is 13.1. The van der Waals surface area contributed by atoms with E-state index in [-0.39, 0.29) is 25.9 Å². The molecule has 1 aliphatic heterocycles. The lowest BCUT2D eigenvalue weighted by molar-refractivity contribution is -0.301. The number of carboxylic acids is 1. The fourth-order valence-corrected chi connectivity index (χ4v) is 8.24. The molecule has 0 saturated carbocycles. The van der Waals surface area contributed by atoms with Gasteiger partial charge >= 0.3 is 23.9 Å². The van der Waals surface area contributed by atoms with Gasteiger partial charge in [0.05, 0.1) is 6.61 Å². The number of carbonyl (C=O) groups excluding carboxylic acids is 3. The minimum Gasteiger partial charge on any atom is -0.479 e. The van der Waals surface area contributed by atoms with Crippen LogP contribution in [0.3, 0.4) is 0 Å². The third-order valence-electron chi connectivity index (χ3n) is 12.6. The summed E-state index contributed by atoms with van der Waals surface area (Å²) in [5.41, 5.74) is 0. The van der Waals surface area contributed by atoms with Crippen molar-refractivity contribution in [2.75, 3.05) is 13.2 Å².